The second-order valence-electron chi connectivity index (χ2n) is 4.72. The molecule has 1 aromatic carbocycles. The molecule has 1 aliphatic heterocycles. The van der Waals surface area contributed by atoms with Gasteiger partial charge in [0.15, 0.2) is 0 Å². The zero-order valence-corrected chi connectivity index (χ0v) is 11.6. The summed E-state index contributed by atoms with van der Waals surface area (Å²) in [6.45, 7) is 1.52. The second-order valence-corrected chi connectivity index (χ2v) is 4.72. The number of nitrogens with zero attached hydrogens (tertiary/aromatic N) is 1. The molecule has 0 aromatic heterocycles. The van der Waals surface area contributed by atoms with Crippen molar-refractivity contribution in [2.24, 2.45) is 0 Å². The molecule has 0 bridgehead atoms. The predicted molar refractivity (Wildman–Crippen MR) is 70.6 cm³/mol. The third-order valence-corrected chi connectivity index (χ3v) is 3.26. The van der Waals surface area contributed by atoms with Gasteiger partial charge in [-0.1, -0.05) is 0 Å². The maximum atomic E-state index is 12.0. The van der Waals surface area contributed by atoms with Crippen molar-refractivity contribution >= 4 is 0 Å². The van der Waals surface area contributed by atoms with Crippen molar-refractivity contribution in [1.82, 2.24) is 4.90 Å². The van der Waals surface area contributed by atoms with Crippen molar-refractivity contribution in [2.45, 2.75) is 19.1 Å². The highest BCUT2D eigenvalue weighted by Gasteiger charge is 2.28. The van der Waals surface area contributed by atoms with Gasteiger partial charge >= 0.3 is 0 Å². The van der Waals surface area contributed by atoms with Crippen molar-refractivity contribution in [1.29, 1.82) is 0 Å². The fraction of sp³-hybridized carbons (Fsp3) is 0.571. The SMILES string of the molecule is COc1ccc(OC)c(CN2CC(OCC(F)F)C2)c1. The van der Waals surface area contributed by atoms with Crippen LogP contribution in [0.2, 0.25) is 0 Å². The Morgan fingerprint density at radius 1 is 1.25 bits per heavy atom. The van der Waals surface area contributed by atoms with Gasteiger partial charge < -0.3 is 14.2 Å². The number of alkyl halides is 2. The van der Waals surface area contributed by atoms with E-state index in [1.165, 1.54) is 0 Å². The van der Waals surface area contributed by atoms with Crippen LogP contribution in [-0.4, -0.2) is 51.3 Å². The lowest BCUT2D eigenvalue weighted by molar-refractivity contribution is -0.0905. The molecular weight excluding hydrogens is 268 g/mol. The first-order valence-electron chi connectivity index (χ1n) is 6.45. The van der Waals surface area contributed by atoms with E-state index in [1.807, 2.05) is 18.2 Å². The minimum atomic E-state index is -2.40. The zero-order valence-electron chi connectivity index (χ0n) is 11.6. The molecule has 4 nitrogen and oxygen atoms in total. The van der Waals surface area contributed by atoms with E-state index in [2.05, 4.69) is 4.90 Å². The maximum absolute atomic E-state index is 12.0. The molecule has 1 heterocycles. The van der Waals surface area contributed by atoms with Crippen LogP contribution in [0.15, 0.2) is 18.2 Å². The normalized spacial score (nSPS) is 16.2. The Morgan fingerprint density at radius 3 is 2.60 bits per heavy atom. The van der Waals surface area contributed by atoms with Crippen molar-refractivity contribution in [3.8, 4) is 11.5 Å². The summed E-state index contributed by atoms with van der Waals surface area (Å²) < 4.78 is 39.6. The highest BCUT2D eigenvalue weighted by atomic mass is 19.3. The molecule has 1 fully saturated rings. The molecule has 20 heavy (non-hydrogen) atoms. The molecule has 112 valence electrons. The lowest BCUT2D eigenvalue weighted by atomic mass is 10.1. The van der Waals surface area contributed by atoms with Crippen LogP contribution in [0.1, 0.15) is 5.56 Å². The van der Waals surface area contributed by atoms with E-state index in [-0.39, 0.29) is 6.10 Å². The molecule has 0 saturated carbocycles. The van der Waals surface area contributed by atoms with Crippen LogP contribution in [0.5, 0.6) is 11.5 Å². The number of halogens is 2. The Balaban J connectivity index is 1.85. The Labute approximate surface area is 117 Å². The molecule has 0 unspecified atom stereocenters. The van der Waals surface area contributed by atoms with E-state index in [9.17, 15) is 8.78 Å². The van der Waals surface area contributed by atoms with Crippen LogP contribution in [0.4, 0.5) is 8.78 Å². The summed E-state index contributed by atoms with van der Waals surface area (Å²) in [6, 6.07) is 5.62. The monoisotopic (exact) mass is 287 g/mol. The van der Waals surface area contributed by atoms with E-state index in [4.69, 9.17) is 14.2 Å². The highest BCUT2D eigenvalue weighted by Crippen LogP contribution is 2.27. The van der Waals surface area contributed by atoms with Gasteiger partial charge in [0.25, 0.3) is 6.43 Å². The van der Waals surface area contributed by atoms with E-state index < -0.39 is 13.0 Å². The molecule has 2 rings (SSSR count). The van der Waals surface area contributed by atoms with Gasteiger partial charge in [0.1, 0.15) is 18.1 Å². The average Bonchev–Trinajstić information content (AvgIpc) is 2.40. The van der Waals surface area contributed by atoms with Crippen molar-refractivity contribution in [2.75, 3.05) is 33.9 Å². The number of benzene rings is 1. The third kappa shape index (κ3) is 3.80. The van der Waals surface area contributed by atoms with Gasteiger partial charge in [-0.3, -0.25) is 4.90 Å². The minimum absolute atomic E-state index is 0.0967. The number of hydrogen-bond donors (Lipinski definition) is 0. The van der Waals surface area contributed by atoms with Gasteiger partial charge in [0.2, 0.25) is 0 Å². The number of rotatable bonds is 7. The quantitative estimate of drug-likeness (QED) is 0.769. The zero-order chi connectivity index (χ0) is 14.5. The summed E-state index contributed by atoms with van der Waals surface area (Å²) in [4.78, 5) is 2.12. The fourth-order valence-corrected chi connectivity index (χ4v) is 2.21. The predicted octanol–water partition coefficient (Wildman–Crippen LogP) is 2.17. The van der Waals surface area contributed by atoms with Gasteiger partial charge in [0, 0.05) is 25.2 Å². The molecule has 0 spiro atoms. The largest absolute Gasteiger partial charge is 0.497 e. The van der Waals surface area contributed by atoms with Crippen LogP contribution in [-0.2, 0) is 11.3 Å². The van der Waals surface area contributed by atoms with Crippen molar-refractivity contribution in [3.05, 3.63) is 23.8 Å². The summed E-state index contributed by atoms with van der Waals surface area (Å²) >= 11 is 0. The van der Waals surface area contributed by atoms with Gasteiger partial charge in [-0.2, -0.15) is 0 Å². The molecule has 1 aliphatic rings. The van der Waals surface area contributed by atoms with Crippen molar-refractivity contribution in [3.63, 3.8) is 0 Å². The highest BCUT2D eigenvalue weighted by molar-refractivity contribution is 5.40. The molecule has 1 saturated heterocycles. The van der Waals surface area contributed by atoms with Crippen molar-refractivity contribution < 1.29 is 23.0 Å². The minimum Gasteiger partial charge on any atom is -0.497 e. The molecule has 0 atom stereocenters. The molecular formula is C14H19F2NO3. The summed E-state index contributed by atoms with van der Waals surface area (Å²) in [5.74, 6) is 1.56. The lowest BCUT2D eigenvalue weighted by Gasteiger charge is -2.39. The second kappa shape index (κ2) is 6.85. The Kier molecular flexibility index (Phi) is 5.14. The molecule has 0 radical (unpaired) electrons. The number of ether oxygens (including phenoxy) is 3. The smallest absolute Gasteiger partial charge is 0.261 e. The molecule has 0 amide bonds. The molecule has 0 aliphatic carbocycles. The maximum Gasteiger partial charge on any atom is 0.261 e. The molecule has 0 N–H and O–H groups in total. The Bertz CT molecular complexity index is 436. The molecule has 1 aromatic rings. The van der Waals surface area contributed by atoms with Crippen LogP contribution in [0, 0.1) is 0 Å². The molecule has 6 heteroatoms. The summed E-state index contributed by atoms with van der Waals surface area (Å²) in [5, 5.41) is 0. The van der Waals surface area contributed by atoms with Gasteiger partial charge in [-0.05, 0) is 18.2 Å². The number of likely N-dealkylation sites (tertiary alicyclic amines) is 1. The van der Waals surface area contributed by atoms with Crippen LogP contribution in [0.3, 0.4) is 0 Å². The summed E-state index contributed by atoms with van der Waals surface area (Å²) in [6.07, 6.45) is -2.50. The Hall–Kier alpha value is -1.40. The summed E-state index contributed by atoms with van der Waals surface area (Å²) in [7, 11) is 3.24. The van der Waals surface area contributed by atoms with E-state index >= 15 is 0 Å². The van der Waals surface area contributed by atoms with E-state index in [0.29, 0.717) is 19.6 Å². The number of methoxy groups -OCH3 is 2. The van der Waals surface area contributed by atoms with E-state index in [1.54, 1.807) is 14.2 Å². The lowest BCUT2D eigenvalue weighted by Crippen LogP contribution is -2.51. The first kappa shape index (κ1) is 15.0. The van der Waals surface area contributed by atoms with Crippen LogP contribution < -0.4 is 9.47 Å². The van der Waals surface area contributed by atoms with Gasteiger partial charge in [-0.15, -0.1) is 0 Å². The first-order valence-corrected chi connectivity index (χ1v) is 6.45. The average molecular weight is 287 g/mol. The Morgan fingerprint density at radius 2 is 2.00 bits per heavy atom. The third-order valence-electron chi connectivity index (χ3n) is 3.26. The van der Waals surface area contributed by atoms with Gasteiger partial charge in [0.05, 0.1) is 20.3 Å². The van der Waals surface area contributed by atoms with Crippen LogP contribution in [0.25, 0.3) is 0 Å². The topological polar surface area (TPSA) is 30.9 Å². The fourth-order valence-electron chi connectivity index (χ4n) is 2.21. The standard InChI is InChI=1S/C14H19F2NO3/c1-18-11-3-4-13(19-2)10(5-11)6-17-7-12(8-17)20-9-14(15)16/h3-5,12,14H,6-9H2,1-2H3. The van der Waals surface area contributed by atoms with Crippen LogP contribution >= 0.6 is 0 Å². The number of hydrogen-bond acceptors (Lipinski definition) is 4. The first-order chi connectivity index (χ1) is 9.62. The summed E-state index contributed by atoms with van der Waals surface area (Å²) in [5.41, 5.74) is 1.01. The van der Waals surface area contributed by atoms with E-state index in [0.717, 1.165) is 17.1 Å². The van der Waals surface area contributed by atoms with Gasteiger partial charge in [-0.25, -0.2) is 8.78 Å².